The molecule has 0 saturated carbocycles. The molecule has 42 heavy (non-hydrogen) atoms. The number of rotatable bonds is 9. The highest BCUT2D eigenvalue weighted by Crippen LogP contribution is 2.39. The molecule has 8 nitrogen and oxygen atoms in total. The van der Waals surface area contributed by atoms with Crippen molar-refractivity contribution in [1.82, 2.24) is 0 Å². The van der Waals surface area contributed by atoms with Crippen molar-refractivity contribution in [1.29, 1.82) is 5.26 Å². The molecule has 0 unspecified atom stereocenters. The average Bonchev–Trinajstić information content (AvgIpc) is 3.21. The first kappa shape index (κ1) is 28.7. The highest BCUT2D eigenvalue weighted by atomic mass is 32.2. The summed E-state index contributed by atoms with van der Waals surface area (Å²) in [5.41, 5.74) is 2.62. The van der Waals surface area contributed by atoms with Gasteiger partial charge in [-0.25, -0.2) is 13.3 Å². The summed E-state index contributed by atoms with van der Waals surface area (Å²) in [5, 5.41) is 12.5. The van der Waals surface area contributed by atoms with Gasteiger partial charge in [-0.2, -0.15) is 5.26 Å². The first-order valence-corrected chi connectivity index (χ1v) is 15.3. The first-order valence-electron chi connectivity index (χ1n) is 13.0. The molecule has 0 aliphatic carbocycles. The summed E-state index contributed by atoms with van der Waals surface area (Å²) in [6, 6.07) is 30.7. The first-order chi connectivity index (χ1) is 20.2. The van der Waals surface area contributed by atoms with E-state index in [0.717, 1.165) is 22.2 Å². The number of carbonyl (C=O) groups excluding carboxylic acids is 2. The number of para-hydroxylation sites is 1. The molecule has 0 saturated heterocycles. The van der Waals surface area contributed by atoms with Crippen LogP contribution in [-0.4, -0.2) is 20.2 Å². The number of sulfonamides is 1. The van der Waals surface area contributed by atoms with Crippen LogP contribution >= 0.6 is 11.8 Å². The van der Waals surface area contributed by atoms with E-state index in [1.54, 1.807) is 66.7 Å². The van der Waals surface area contributed by atoms with Crippen LogP contribution in [0.3, 0.4) is 0 Å². The number of hydrogen-bond acceptors (Lipinski definition) is 7. The number of imide groups is 1. The van der Waals surface area contributed by atoms with E-state index < -0.39 is 21.8 Å². The molecule has 4 aromatic rings. The Morgan fingerprint density at radius 1 is 0.810 bits per heavy atom. The van der Waals surface area contributed by atoms with E-state index in [4.69, 9.17) is 0 Å². The van der Waals surface area contributed by atoms with Crippen LogP contribution in [0.4, 0.5) is 17.1 Å². The van der Waals surface area contributed by atoms with Gasteiger partial charge in [0.1, 0.15) is 21.6 Å². The van der Waals surface area contributed by atoms with E-state index in [1.807, 2.05) is 30.3 Å². The molecule has 0 aromatic heterocycles. The molecule has 1 aliphatic rings. The number of carbonyl (C=O) groups is 2. The predicted octanol–water partition coefficient (Wildman–Crippen LogP) is 6.47. The maximum absolute atomic E-state index is 13.7. The predicted molar refractivity (Wildman–Crippen MR) is 164 cm³/mol. The van der Waals surface area contributed by atoms with Crippen LogP contribution in [0.2, 0.25) is 0 Å². The van der Waals surface area contributed by atoms with Crippen molar-refractivity contribution in [3.05, 3.63) is 125 Å². The smallest absolute Gasteiger partial charge is 0.283 e. The summed E-state index contributed by atoms with van der Waals surface area (Å²) >= 11 is 1.06. The number of hydrogen-bond donors (Lipinski definition) is 2. The summed E-state index contributed by atoms with van der Waals surface area (Å²) in [5.74, 6) is -0.649. The zero-order chi connectivity index (χ0) is 29.9. The molecule has 2 amide bonds. The van der Waals surface area contributed by atoms with Gasteiger partial charge in [-0.3, -0.25) is 14.3 Å². The van der Waals surface area contributed by atoms with E-state index in [2.05, 4.69) is 23.9 Å². The molecule has 1 aliphatic heterocycles. The van der Waals surface area contributed by atoms with E-state index in [0.29, 0.717) is 22.2 Å². The Labute approximate surface area is 248 Å². The van der Waals surface area contributed by atoms with E-state index >= 15 is 0 Å². The van der Waals surface area contributed by atoms with Crippen molar-refractivity contribution in [2.75, 3.05) is 14.9 Å². The zero-order valence-electron chi connectivity index (χ0n) is 22.7. The average molecular weight is 595 g/mol. The molecule has 0 spiro atoms. The second kappa shape index (κ2) is 11.9. The Bertz CT molecular complexity index is 1850. The molecule has 0 fully saturated rings. The fourth-order valence-corrected chi connectivity index (χ4v) is 6.56. The largest absolute Gasteiger partial charge is 0.350 e. The molecule has 210 valence electrons. The van der Waals surface area contributed by atoms with Gasteiger partial charge in [0.2, 0.25) is 0 Å². The number of nitrogens with one attached hydrogen (secondary N) is 2. The van der Waals surface area contributed by atoms with E-state index in [-0.39, 0.29) is 26.7 Å². The minimum absolute atomic E-state index is 0.0221. The summed E-state index contributed by atoms with van der Waals surface area (Å²) in [6.07, 6.45) is 0. The van der Waals surface area contributed by atoms with Crippen LogP contribution in [0.25, 0.3) is 0 Å². The molecule has 0 bridgehead atoms. The quantitative estimate of drug-likeness (QED) is 0.213. The fourth-order valence-electron chi connectivity index (χ4n) is 4.37. The summed E-state index contributed by atoms with van der Waals surface area (Å²) in [4.78, 5) is 29.0. The standard InChI is InChI=1S/C32H26N4O4S2/c1-21(2)22-15-17-24(18-16-22)34-29-30(32(38)36(31(29)37)26-11-4-3-5-12-26)41-27-13-8-10-25(19-27)35-42(39,40)28-14-7-6-9-23(28)20-33/h3-19,21,34-35H,1-2H3. The van der Waals surface area contributed by atoms with Crippen molar-refractivity contribution in [3.63, 3.8) is 0 Å². The lowest BCUT2D eigenvalue weighted by molar-refractivity contribution is -0.120. The van der Waals surface area contributed by atoms with Gasteiger partial charge in [0.15, 0.2) is 0 Å². The second-order valence-corrected chi connectivity index (χ2v) is 12.5. The van der Waals surface area contributed by atoms with Crippen LogP contribution in [0.1, 0.15) is 30.9 Å². The van der Waals surface area contributed by atoms with Crippen LogP contribution in [0.15, 0.2) is 124 Å². The van der Waals surface area contributed by atoms with Crippen LogP contribution in [-0.2, 0) is 19.6 Å². The lowest BCUT2D eigenvalue weighted by Gasteiger charge is -2.15. The molecule has 2 N–H and O–H groups in total. The molecule has 4 aromatic carbocycles. The molecule has 0 radical (unpaired) electrons. The molecule has 5 rings (SSSR count). The normalized spacial score (nSPS) is 13.4. The van der Waals surface area contributed by atoms with Gasteiger partial charge in [-0.1, -0.05) is 74.1 Å². The summed E-state index contributed by atoms with van der Waals surface area (Å²) in [7, 11) is -4.06. The Hall–Kier alpha value is -4.85. The zero-order valence-corrected chi connectivity index (χ0v) is 24.4. The SMILES string of the molecule is CC(C)c1ccc(NC2=C(Sc3cccc(NS(=O)(=O)c4ccccc4C#N)c3)C(=O)N(c3ccccc3)C2=O)cc1. The van der Waals surface area contributed by atoms with Gasteiger partial charge in [0.05, 0.1) is 11.3 Å². The topological polar surface area (TPSA) is 119 Å². The Morgan fingerprint density at radius 2 is 1.50 bits per heavy atom. The van der Waals surface area contributed by atoms with Crippen molar-refractivity contribution in [3.8, 4) is 6.07 Å². The highest BCUT2D eigenvalue weighted by Gasteiger charge is 2.40. The van der Waals surface area contributed by atoms with Gasteiger partial charge in [-0.05, 0) is 66.1 Å². The van der Waals surface area contributed by atoms with Gasteiger partial charge >= 0.3 is 0 Å². The van der Waals surface area contributed by atoms with Crippen molar-refractivity contribution < 1.29 is 18.0 Å². The third kappa shape index (κ3) is 5.93. The van der Waals surface area contributed by atoms with Crippen molar-refractivity contribution in [2.24, 2.45) is 0 Å². The lowest BCUT2D eigenvalue weighted by atomic mass is 10.0. The molecular weight excluding hydrogens is 569 g/mol. The number of thioether (sulfide) groups is 1. The number of anilines is 3. The van der Waals surface area contributed by atoms with Crippen LogP contribution in [0.5, 0.6) is 0 Å². The highest BCUT2D eigenvalue weighted by molar-refractivity contribution is 8.04. The maximum atomic E-state index is 13.7. The molecular formula is C32H26N4O4S2. The number of nitriles is 1. The van der Waals surface area contributed by atoms with E-state index in [1.165, 1.54) is 12.1 Å². The minimum Gasteiger partial charge on any atom is -0.350 e. The van der Waals surface area contributed by atoms with Crippen LogP contribution in [0, 0.1) is 11.3 Å². The van der Waals surface area contributed by atoms with Crippen LogP contribution < -0.4 is 14.9 Å². The minimum atomic E-state index is -4.06. The lowest BCUT2D eigenvalue weighted by Crippen LogP contribution is -2.32. The third-order valence-electron chi connectivity index (χ3n) is 6.51. The van der Waals surface area contributed by atoms with Crippen molar-refractivity contribution >= 4 is 50.7 Å². The molecule has 1 heterocycles. The number of benzene rings is 4. The van der Waals surface area contributed by atoms with E-state index in [9.17, 15) is 23.3 Å². The molecule has 10 heteroatoms. The van der Waals surface area contributed by atoms with Gasteiger partial charge in [0.25, 0.3) is 21.8 Å². The van der Waals surface area contributed by atoms with Gasteiger partial charge < -0.3 is 5.32 Å². The Morgan fingerprint density at radius 3 is 2.19 bits per heavy atom. The number of nitrogens with zero attached hydrogens (tertiary/aromatic N) is 2. The van der Waals surface area contributed by atoms with Gasteiger partial charge in [0, 0.05) is 16.3 Å². The Balaban J connectivity index is 1.48. The third-order valence-corrected chi connectivity index (χ3v) is 9.02. The summed E-state index contributed by atoms with van der Waals surface area (Å²) in [6.45, 7) is 4.18. The second-order valence-electron chi connectivity index (χ2n) is 9.73. The Kier molecular flexibility index (Phi) is 8.15. The summed E-state index contributed by atoms with van der Waals surface area (Å²) < 4.78 is 28.6. The molecule has 0 atom stereocenters. The fraction of sp³-hybridized carbons (Fsp3) is 0.0938. The maximum Gasteiger partial charge on any atom is 0.283 e. The van der Waals surface area contributed by atoms with Crippen molar-refractivity contribution in [2.45, 2.75) is 29.6 Å². The van der Waals surface area contributed by atoms with Gasteiger partial charge in [-0.15, -0.1) is 0 Å². The monoisotopic (exact) mass is 594 g/mol. The number of amides is 2.